The first-order valence-electron chi connectivity index (χ1n) is 11.5. The predicted molar refractivity (Wildman–Crippen MR) is 139 cm³/mol. The normalized spacial score (nSPS) is 13.9. The zero-order valence-electron chi connectivity index (χ0n) is 20.0. The van der Waals surface area contributed by atoms with Gasteiger partial charge in [0.25, 0.3) is 10.0 Å². The van der Waals surface area contributed by atoms with E-state index in [0.717, 1.165) is 23.0 Å². The molecular formula is C25H23ClN4O6S. The van der Waals surface area contributed by atoms with Gasteiger partial charge in [-0.25, -0.2) is 27.6 Å². The number of sulfonamides is 1. The number of aromatic carboxylic acids is 1. The van der Waals surface area contributed by atoms with Crippen LogP contribution in [-0.4, -0.2) is 47.7 Å². The molecule has 1 aliphatic rings. The van der Waals surface area contributed by atoms with Gasteiger partial charge in [-0.05, 0) is 67.6 Å². The van der Waals surface area contributed by atoms with E-state index in [9.17, 15) is 23.1 Å². The van der Waals surface area contributed by atoms with Crippen LogP contribution >= 0.6 is 11.6 Å². The predicted octanol–water partition coefficient (Wildman–Crippen LogP) is 3.91. The van der Waals surface area contributed by atoms with Crippen molar-refractivity contribution in [2.45, 2.75) is 31.1 Å². The molecule has 2 aromatic heterocycles. The molecule has 12 heteroatoms. The number of carbonyl (C=O) groups is 1. The number of pyridine rings is 1. The van der Waals surface area contributed by atoms with E-state index in [1.54, 1.807) is 19.1 Å². The van der Waals surface area contributed by atoms with Crippen LogP contribution in [0, 0.1) is 6.92 Å². The van der Waals surface area contributed by atoms with Gasteiger partial charge in [-0.1, -0.05) is 17.7 Å². The lowest BCUT2D eigenvalue weighted by atomic mass is 10.1. The molecule has 0 saturated carbocycles. The Kier molecular flexibility index (Phi) is 6.20. The summed E-state index contributed by atoms with van der Waals surface area (Å²) >= 11 is 6.44. The fourth-order valence-electron chi connectivity index (χ4n) is 4.57. The summed E-state index contributed by atoms with van der Waals surface area (Å²) in [7, 11) is -2.55. The third-order valence-electron chi connectivity index (χ3n) is 6.43. The number of nitrogens with one attached hydrogen (secondary N) is 1. The molecule has 0 fully saturated rings. The van der Waals surface area contributed by atoms with Crippen molar-refractivity contribution in [3.63, 3.8) is 0 Å². The second-order valence-corrected chi connectivity index (χ2v) is 11.0. The SMILES string of the molecule is COc1ccc2c(c1)N(S(=O)(=O)c1ccc(Cl)c(-n3c(=O)[nH]c4c(C)cc(C(=O)O)nc43)c1)CCCC2. The van der Waals surface area contributed by atoms with Crippen LogP contribution < -0.4 is 14.7 Å². The van der Waals surface area contributed by atoms with Gasteiger partial charge in [0.05, 0.1) is 33.9 Å². The van der Waals surface area contributed by atoms with Crippen molar-refractivity contribution < 1.29 is 23.1 Å². The molecule has 2 N–H and O–H groups in total. The Labute approximate surface area is 217 Å². The second-order valence-electron chi connectivity index (χ2n) is 8.74. The van der Waals surface area contributed by atoms with Crippen molar-refractivity contribution in [3.05, 3.63) is 74.8 Å². The number of hydrogen-bond donors (Lipinski definition) is 2. The highest BCUT2D eigenvalue weighted by molar-refractivity contribution is 7.92. The van der Waals surface area contributed by atoms with E-state index in [1.165, 1.54) is 35.7 Å². The van der Waals surface area contributed by atoms with Crippen molar-refractivity contribution in [3.8, 4) is 11.4 Å². The number of carboxylic acid groups (broad SMARTS) is 1. The number of carboxylic acids is 1. The van der Waals surface area contributed by atoms with Gasteiger partial charge >= 0.3 is 11.7 Å². The lowest BCUT2D eigenvalue weighted by Gasteiger charge is -2.25. The Morgan fingerprint density at radius 2 is 1.92 bits per heavy atom. The summed E-state index contributed by atoms with van der Waals surface area (Å²) in [5.41, 5.74) is 1.46. The molecule has 4 aromatic rings. The molecule has 192 valence electrons. The van der Waals surface area contributed by atoms with Crippen molar-refractivity contribution in [1.82, 2.24) is 14.5 Å². The van der Waals surface area contributed by atoms with E-state index in [0.29, 0.717) is 28.9 Å². The largest absolute Gasteiger partial charge is 0.497 e. The number of H-pyrrole nitrogens is 1. The van der Waals surface area contributed by atoms with Gasteiger partial charge in [0.1, 0.15) is 5.75 Å². The number of benzene rings is 2. The molecule has 0 atom stereocenters. The van der Waals surface area contributed by atoms with Gasteiger partial charge in [-0.15, -0.1) is 0 Å². The molecule has 0 unspecified atom stereocenters. The van der Waals surface area contributed by atoms with Crippen LogP contribution in [0.5, 0.6) is 5.75 Å². The lowest BCUT2D eigenvalue weighted by molar-refractivity contribution is 0.0690. The number of hydrogen-bond acceptors (Lipinski definition) is 6. The number of aromatic nitrogens is 3. The lowest BCUT2D eigenvalue weighted by Crippen LogP contribution is -2.32. The van der Waals surface area contributed by atoms with Crippen LogP contribution in [0.2, 0.25) is 5.02 Å². The maximum Gasteiger partial charge on any atom is 0.354 e. The van der Waals surface area contributed by atoms with E-state index in [1.807, 2.05) is 6.07 Å². The minimum atomic E-state index is -4.07. The number of halogens is 1. The van der Waals surface area contributed by atoms with E-state index in [-0.39, 0.29) is 33.5 Å². The highest BCUT2D eigenvalue weighted by Crippen LogP contribution is 2.35. The topological polar surface area (TPSA) is 135 Å². The summed E-state index contributed by atoms with van der Waals surface area (Å²) in [4.78, 5) is 31.2. The maximum atomic E-state index is 13.9. The van der Waals surface area contributed by atoms with Crippen molar-refractivity contribution in [1.29, 1.82) is 0 Å². The standard InChI is InChI=1S/C25H23ClN4O6S/c1-14-11-19(24(31)32)27-23-22(14)28-25(33)30(23)21-13-17(8-9-18(21)26)37(34,35)29-10-4-3-5-15-6-7-16(36-2)12-20(15)29/h6-9,11-13H,3-5,10H2,1-2H3,(H,28,33)(H,31,32). The molecule has 0 radical (unpaired) electrons. The molecule has 0 bridgehead atoms. The summed E-state index contributed by atoms with van der Waals surface area (Å²) < 4.78 is 35.7. The fourth-order valence-corrected chi connectivity index (χ4v) is 6.33. The van der Waals surface area contributed by atoms with Crippen molar-refractivity contribution in [2.75, 3.05) is 18.0 Å². The third-order valence-corrected chi connectivity index (χ3v) is 8.56. The first kappa shape index (κ1) is 24.8. The summed E-state index contributed by atoms with van der Waals surface area (Å²) in [5, 5.41) is 9.54. The highest BCUT2D eigenvalue weighted by Gasteiger charge is 2.30. The molecule has 0 amide bonds. The van der Waals surface area contributed by atoms with Crippen LogP contribution in [0.3, 0.4) is 0 Å². The van der Waals surface area contributed by atoms with Gasteiger partial charge in [0.2, 0.25) is 0 Å². The smallest absolute Gasteiger partial charge is 0.354 e. The number of fused-ring (bicyclic) bond motifs is 2. The highest BCUT2D eigenvalue weighted by atomic mass is 35.5. The number of rotatable bonds is 5. The van der Waals surface area contributed by atoms with E-state index in [2.05, 4.69) is 9.97 Å². The molecule has 1 aliphatic heterocycles. The first-order chi connectivity index (χ1) is 17.6. The van der Waals surface area contributed by atoms with Crippen LogP contribution in [0.15, 0.2) is 52.2 Å². The Hall–Kier alpha value is -3.83. The molecule has 10 nitrogen and oxygen atoms in total. The van der Waals surface area contributed by atoms with Crippen LogP contribution in [-0.2, 0) is 16.4 Å². The van der Waals surface area contributed by atoms with Gasteiger partial charge in [-0.2, -0.15) is 0 Å². The number of imidazole rings is 1. The maximum absolute atomic E-state index is 13.9. The zero-order valence-corrected chi connectivity index (χ0v) is 21.6. The summed E-state index contributed by atoms with van der Waals surface area (Å²) in [5.74, 6) is -0.721. The third kappa shape index (κ3) is 4.23. The van der Waals surface area contributed by atoms with Crippen molar-refractivity contribution >= 4 is 44.4 Å². The van der Waals surface area contributed by atoms with Gasteiger partial charge in [0, 0.05) is 12.6 Å². The van der Waals surface area contributed by atoms with Crippen molar-refractivity contribution in [2.24, 2.45) is 0 Å². The minimum absolute atomic E-state index is 0.0312. The van der Waals surface area contributed by atoms with Gasteiger partial charge < -0.3 is 14.8 Å². The number of anilines is 1. The number of methoxy groups -OCH3 is 1. The summed E-state index contributed by atoms with van der Waals surface area (Å²) in [6.07, 6.45) is 2.23. The van der Waals surface area contributed by atoms with Gasteiger partial charge in [0.15, 0.2) is 11.3 Å². The van der Waals surface area contributed by atoms with Crippen LogP contribution in [0.1, 0.15) is 34.5 Å². The minimum Gasteiger partial charge on any atom is -0.497 e. The molecular weight excluding hydrogens is 520 g/mol. The quantitative estimate of drug-likeness (QED) is 0.390. The number of aryl methyl sites for hydroxylation is 2. The first-order valence-corrected chi connectivity index (χ1v) is 13.3. The molecule has 0 saturated heterocycles. The molecule has 0 aliphatic carbocycles. The second kappa shape index (κ2) is 9.24. The van der Waals surface area contributed by atoms with Crippen LogP contribution in [0.25, 0.3) is 16.9 Å². The van der Waals surface area contributed by atoms with E-state index in [4.69, 9.17) is 16.3 Å². The number of ether oxygens (including phenoxy) is 1. The Morgan fingerprint density at radius 1 is 1.14 bits per heavy atom. The number of aromatic amines is 1. The molecule has 2 aromatic carbocycles. The fraction of sp³-hybridized carbons (Fsp3) is 0.240. The molecule has 3 heterocycles. The average molecular weight is 543 g/mol. The van der Waals surface area contributed by atoms with Gasteiger partial charge in [-0.3, -0.25) is 4.31 Å². The summed E-state index contributed by atoms with van der Waals surface area (Å²) in [6.45, 7) is 1.92. The Balaban J connectivity index is 1.69. The Bertz CT molecular complexity index is 1730. The monoisotopic (exact) mass is 542 g/mol. The molecule has 37 heavy (non-hydrogen) atoms. The van der Waals surface area contributed by atoms with E-state index < -0.39 is 21.7 Å². The van der Waals surface area contributed by atoms with E-state index >= 15 is 0 Å². The molecule has 5 rings (SSSR count). The Morgan fingerprint density at radius 3 is 2.65 bits per heavy atom. The van der Waals surface area contributed by atoms with Crippen LogP contribution in [0.4, 0.5) is 5.69 Å². The number of nitrogens with zero attached hydrogens (tertiary/aromatic N) is 3. The molecule has 0 spiro atoms. The zero-order chi connectivity index (χ0) is 26.5. The summed E-state index contributed by atoms with van der Waals surface area (Å²) in [6, 6.07) is 10.8. The average Bonchev–Trinajstić information content (AvgIpc) is 3.05.